The number of carbonyl (C=O) groups excluding carboxylic acids is 1. The van der Waals surface area contributed by atoms with Crippen LogP contribution >= 0.6 is 24.0 Å². The molecule has 1 saturated heterocycles. The zero-order valence-electron chi connectivity index (χ0n) is 17.9. The largest absolute Gasteiger partial charge is 0.444 e. The van der Waals surface area contributed by atoms with E-state index in [1.807, 2.05) is 20.8 Å². The summed E-state index contributed by atoms with van der Waals surface area (Å²) in [6.45, 7) is 14.5. The van der Waals surface area contributed by atoms with Crippen LogP contribution in [0.3, 0.4) is 0 Å². The van der Waals surface area contributed by atoms with Gasteiger partial charge in [-0.05, 0) is 59.0 Å². The maximum atomic E-state index is 11.6. The molecule has 7 nitrogen and oxygen atoms in total. The molecule has 1 fully saturated rings. The van der Waals surface area contributed by atoms with Crippen LogP contribution in [-0.2, 0) is 4.74 Å². The van der Waals surface area contributed by atoms with E-state index < -0.39 is 11.7 Å². The van der Waals surface area contributed by atoms with Crippen LogP contribution in [0.2, 0.25) is 0 Å². The van der Waals surface area contributed by atoms with Crippen LogP contribution in [0, 0.1) is 5.92 Å². The second-order valence-corrected chi connectivity index (χ2v) is 8.34. The zero-order chi connectivity index (χ0) is 19.6. The normalized spacial score (nSPS) is 16.6. The van der Waals surface area contributed by atoms with E-state index >= 15 is 0 Å². The van der Waals surface area contributed by atoms with Gasteiger partial charge in [0.2, 0.25) is 0 Å². The van der Waals surface area contributed by atoms with Crippen molar-refractivity contribution in [2.45, 2.75) is 65.5 Å². The Labute approximate surface area is 182 Å². The molecule has 0 aliphatic carbocycles. The molecular weight excluding hydrogens is 457 g/mol. The summed E-state index contributed by atoms with van der Waals surface area (Å²) in [6.07, 6.45) is 3.40. The molecule has 1 unspecified atom stereocenters. The van der Waals surface area contributed by atoms with E-state index in [0.29, 0.717) is 25.0 Å². The van der Waals surface area contributed by atoms with E-state index in [1.165, 1.54) is 32.4 Å². The van der Waals surface area contributed by atoms with Crippen molar-refractivity contribution >= 4 is 36.0 Å². The molecule has 0 aromatic carbocycles. The van der Waals surface area contributed by atoms with Crippen molar-refractivity contribution < 1.29 is 9.53 Å². The average Bonchev–Trinajstić information content (AvgIpc) is 3.05. The fourth-order valence-electron chi connectivity index (χ4n) is 3.11. The Balaban J connectivity index is 0.00000676. The highest BCUT2D eigenvalue weighted by atomic mass is 127. The Morgan fingerprint density at radius 1 is 1.11 bits per heavy atom. The van der Waals surface area contributed by atoms with Gasteiger partial charge in [0.1, 0.15) is 5.60 Å². The lowest BCUT2D eigenvalue weighted by Gasteiger charge is -2.29. The van der Waals surface area contributed by atoms with Crippen molar-refractivity contribution in [1.82, 2.24) is 20.9 Å². The number of hydrogen-bond donors (Lipinski definition) is 3. The van der Waals surface area contributed by atoms with Crippen LogP contribution in [0.25, 0.3) is 0 Å². The molecule has 0 bridgehead atoms. The van der Waals surface area contributed by atoms with Gasteiger partial charge in [-0.25, -0.2) is 4.79 Å². The summed E-state index contributed by atoms with van der Waals surface area (Å²) in [6, 6.07) is 0.538. The van der Waals surface area contributed by atoms with Crippen molar-refractivity contribution in [2.24, 2.45) is 10.9 Å². The van der Waals surface area contributed by atoms with Gasteiger partial charge in [-0.3, -0.25) is 9.89 Å². The molecule has 0 spiro atoms. The monoisotopic (exact) mass is 497 g/mol. The van der Waals surface area contributed by atoms with Gasteiger partial charge in [0.15, 0.2) is 5.96 Å². The maximum Gasteiger partial charge on any atom is 0.407 e. The molecule has 0 saturated carbocycles. The highest BCUT2D eigenvalue weighted by Gasteiger charge is 2.22. The number of likely N-dealkylation sites (tertiary alicyclic amines) is 1. The first-order valence-corrected chi connectivity index (χ1v) is 9.86. The van der Waals surface area contributed by atoms with Gasteiger partial charge < -0.3 is 20.7 Å². The molecule has 1 aliphatic heterocycles. The number of nitrogens with zero attached hydrogens (tertiary/aromatic N) is 2. The lowest BCUT2D eigenvalue weighted by atomic mass is 10.0. The second kappa shape index (κ2) is 13.4. The smallest absolute Gasteiger partial charge is 0.407 e. The molecule has 1 amide bonds. The van der Waals surface area contributed by atoms with Crippen LogP contribution in [0.4, 0.5) is 4.79 Å². The van der Waals surface area contributed by atoms with Gasteiger partial charge in [-0.2, -0.15) is 0 Å². The van der Waals surface area contributed by atoms with E-state index in [1.54, 1.807) is 7.05 Å². The van der Waals surface area contributed by atoms with Crippen molar-refractivity contribution in [3.63, 3.8) is 0 Å². The molecule has 27 heavy (non-hydrogen) atoms. The van der Waals surface area contributed by atoms with Gasteiger partial charge in [0.05, 0.1) is 0 Å². The first-order valence-electron chi connectivity index (χ1n) is 9.86. The molecule has 0 aromatic rings. The predicted octanol–water partition coefficient (Wildman–Crippen LogP) is 2.80. The van der Waals surface area contributed by atoms with Gasteiger partial charge >= 0.3 is 6.09 Å². The summed E-state index contributed by atoms with van der Waals surface area (Å²) in [5.41, 5.74) is -0.476. The van der Waals surface area contributed by atoms with Gasteiger partial charge in [0, 0.05) is 32.7 Å². The molecule has 0 radical (unpaired) electrons. The van der Waals surface area contributed by atoms with Crippen LogP contribution in [0.15, 0.2) is 4.99 Å². The SMILES string of the molecule is CN=C(NCCNC(=O)OC(C)(C)C)NCC(CC(C)C)N1CCCC1.I. The molecule has 1 aliphatic rings. The van der Waals surface area contributed by atoms with Crippen molar-refractivity contribution in [1.29, 1.82) is 0 Å². The minimum Gasteiger partial charge on any atom is -0.444 e. The second-order valence-electron chi connectivity index (χ2n) is 8.34. The molecule has 160 valence electrons. The number of rotatable bonds is 8. The third kappa shape index (κ3) is 12.3. The van der Waals surface area contributed by atoms with E-state index in [0.717, 1.165) is 12.5 Å². The number of ether oxygens (including phenoxy) is 1. The summed E-state index contributed by atoms with van der Waals surface area (Å²) in [7, 11) is 1.77. The van der Waals surface area contributed by atoms with Crippen molar-refractivity contribution in [3.8, 4) is 0 Å². The molecule has 3 N–H and O–H groups in total. The molecule has 1 heterocycles. The molecule has 1 atom stereocenters. The van der Waals surface area contributed by atoms with E-state index in [2.05, 4.69) is 39.7 Å². The number of hydrogen-bond acceptors (Lipinski definition) is 4. The third-order valence-electron chi connectivity index (χ3n) is 4.21. The van der Waals surface area contributed by atoms with Crippen LogP contribution in [0.5, 0.6) is 0 Å². The van der Waals surface area contributed by atoms with Crippen LogP contribution < -0.4 is 16.0 Å². The molecule has 1 rings (SSSR count). The highest BCUT2D eigenvalue weighted by molar-refractivity contribution is 14.0. The third-order valence-corrected chi connectivity index (χ3v) is 4.21. The Bertz CT molecular complexity index is 446. The fraction of sp³-hybridized carbons (Fsp3) is 0.895. The Morgan fingerprint density at radius 2 is 1.70 bits per heavy atom. The number of aliphatic imine (C=N–C) groups is 1. The number of nitrogens with one attached hydrogen (secondary N) is 3. The Kier molecular flexibility index (Phi) is 13.0. The minimum atomic E-state index is -0.476. The maximum absolute atomic E-state index is 11.6. The summed E-state index contributed by atoms with van der Waals surface area (Å²) < 4.78 is 5.21. The summed E-state index contributed by atoms with van der Waals surface area (Å²) in [5, 5.41) is 9.41. The molecule has 0 aromatic heterocycles. The predicted molar refractivity (Wildman–Crippen MR) is 123 cm³/mol. The fourth-order valence-corrected chi connectivity index (χ4v) is 3.11. The number of halogens is 1. The van der Waals surface area contributed by atoms with Gasteiger partial charge in [0.25, 0.3) is 0 Å². The van der Waals surface area contributed by atoms with Crippen LogP contribution in [-0.4, -0.2) is 68.4 Å². The molecule has 8 heteroatoms. The Hall–Kier alpha value is -0.770. The average molecular weight is 497 g/mol. The number of amides is 1. The van der Waals surface area contributed by atoms with Crippen LogP contribution in [0.1, 0.15) is 53.9 Å². The zero-order valence-corrected chi connectivity index (χ0v) is 20.3. The van der Waals surface area contributed by atoms with Crippen molar-refractivity contribution in [3.05, 3.63) is 0 Å². The standard InChI is InChI=1S/C19H39N5O2.HI/c1-15(2)13-16(24-11-7-8-12-24)14-23-17(20-6)21-9-10-22-18(25)26-19(3,4)5;/h15-16H,7-14H2,1-6H3,(H,22,25)(H2,20,21,23);1H. The first-order chi connectivity index (χ1) is 12.2. The van der Waals surface area contributed by atoms with E-state index in [4.69, 9.17) is 4.74 Å². The topological polar surface area (TPSA) is 78.0 Å². The molecular formula is C19H40IN5O2. The van der Waals surface area contributed by atoms with Crippen molar-refractivity contribution in [2.75, 3.05) is 39.8 Å². The number of guanidine groups is 1. The summed E-state index contributed by atoms with van der Waals surface area (Å²) >= 11 is 0. The minimum absolute atomic E-state index is 0. The summed E-state index contributed by atoms with van der Waals surface area (Å²) in [5.74, 6) is 1.44. The number of alkyl carbamates (subject to hydrolysis) is 1. The Morgan fingerprint density at radius 3 is 2.22 bits per heavy atom. The highest BCUT2D eigenvalue weighted by Crippen LogP contribution is 2.17. The first kappa shape index (κ1) is 26.2. The van der Waals surface area contributed by atoms with E-state index in [9.17, 15) is 4.79 Å². The lowest BCUT2D eigenvalue weighted by Crippen LogP contribution is -2.48. The lowest BCUT2D eigenvalue weighted by molar-refractivity contribution is 0.0529. The van der Waals surface area contributed by atoms with E-state index in [-0.39, 0.29) is 24.0 Å². The summed E-state index contributed by atoms with van der Waals surface area (Å²) in [4.78, 5) is 18.5. The number of carbonyl (C=O) groups is 1. The quantitative estimate of drug-likeness (QED) is 0.208. The van der Waals surface area contributed by atoms with Gasteiger partial charge in [-0.15, -0.1) is 24.0 Å². The van der Waals surface area contributed by atoms with Gasteiger partial charge in [-0.1, -0.05) is 13.8 Å².